The zero-order valence-electron chi connectivity index (χ0n) is 11.5. The summed E-state index contributed by atoms with van der Waals surface area (Å²) in [5.74, 6) is -0.757. The Morgan fingerprint density at radius 1 is 1.59 bits per heavy atom. The van der Waals surface area contributed by atoms with E-state index in [1.807, 2.05) is 13.8 Å². The van der Waals surface area contributed by atoms with Gasteiger partial charge in [-0.15, -0.1) is 0 Å². The first kappa shape index (κ1) is 14.5. The molecule has 0 aromatic carbocycles. The molecule has 1 fully saturated rings. The SMILES string of the molecule is CCC1CCCN1CC(C)(NC(C)C)C(=O)O. The number of carbonyl (C=O) groups is 1. The van der Waals surface area contributed by atoms with E-state index < -0.39 is 11.5 Å². The quantitative estimate of drug-likeness (QED) is 0.744. The van der Waals surface area contributed by atoms with Crippen molar-refractivity contribution >= 4 is 5.97 Å². The lowest BCUT2D eigenvalue weighted by Gasteiger charge is -2.35. The lowest BCUT2D eigenvalue weighted by molar-refractivity contribution is -0.145. The Kier molecular flexibility index (Phi) is 4.95. The number of hydrogen-bond acceptors (Lipinski definition) is 3. The minimum Gasteiger partial charge on any atom is -0.480 e. The van der Waals surface area contributed by atoms with Gasteiger partial charge in [0.25, 0.3) is 0 Å². The summed E-state index contributed by atoms with van der Waals surface area (Å²) < 4.78 is 0. The van der Waals surface area contributed by atoms with Crippen molar-refractivity contribution in [2.75, 3.05) is 13.1 Å². The highest BCUT2D eigenvalue weighted by Crippen LogP contribution is 2.22. The number of hydrogen-bond donors (Lipinski definition) is 2. The number of aliphatic carboxylic acids is 1. The van der Waals surface area contributed by atoms with Crippen molar-refractivity contribution in [3.05, 3.63) is 0 Å². The molecule has 2 unspecified atom stereocenters. The second-order valence-electron chi connectivity index (χ2n) is 5.61. The van der Waals surface area contributed by atoms with Crippen molar-refractivity contribution in [3.8, 4) is 0 Å². The molecule has 1 saturated heterocycles. The van der Waals surface area contributed by atoms with E-state index in [1.54, 1.807) is 6.92 Å². The normalized spacial score (nSPS) is 25.1. The van der Waals surface area contributed by atoms with Crippen LogP contribution >= 0.6 is 0 Å². The van der Waals surface area contributed by atoms with Gasteiger partial charge in [-0.25, -0.2) is 0 Å². The van der Waals surface area contributed by atoms with Gasteiger partial charge in [0.15, 0.2) is 0 Å². The predicted octanol–water partition coefficient (Wildman–Crippen LogP) is 1.70. The maximum atomic E-state index is 11.5. The summed E-state index contributed by atoms with van der Waals surface area (Å²) in [6, 6.07) is 0.737. The lowest BCUT2D eigenvalue weighted by atomic mass is 9.99. The number of carboxylic acids is 1. The fourth-order valence-electron chi connectivity index (χ4n) is 2.78. The van der Waals surface area contributed by atoms with Gasteiger partial charge < -0.3 is 5.11 Å². The third-order valence-electron chi connectivity index (χ3n) is 3.57. The van der Waals surface area contributed by atoms with E-state index in [0.717, 1.165) is 13.0 Å². The van der Waals surface area contributed by atoms with Gasteiger partial charge in [0, 0.05) is 18.6 Å². The van der Waals surface area contributed by atoms with Crippen molar-refractivity contribution in [2.45, 2.75) is 64.6 Å². The largest absolute Gasteiger partial charge is 0.480 e. The highest BCUT2D eigenvalue weighted by Gasteiger charge is 2.38. The fraction of sp³-hybridized carbons (Fsp3) is 0.923. The van der Waals surface area contributed by atoms with Crippen LogP contribution in [0.2, 0.25) is 0 Å². The van der Waals surface area contributed by atoms with E-state index in [4.69, 9.17) is 0 Å². The fourth-order valence-corrected chi connectivity index (χ4v) is 2.78. The van der Waals surface area contributed by atoms with Gasteiger partial charge in [0.05, 0.1) is 0 Å². The molecule has 0 radical (unpaired) electrons. The van der Waals surface area contributed by atoms with Gasteiger partial charge in [-0.1, -0.05) is 6.92 Å². The van der Waals surface area contributed by atoms with Gasteiger partial charge in [0.1, 0.15) is 5.54 Å². The summed E-state index contributed by atoms with van der Waals surface area (Å²) in [4.78, 5) is 13.8. The van der Waals surface area contributed by atoms with E-state index in [2.05, 4.69) is 17.1 Å². The van der Waals surface area contributed by atoms with Crippen LogP contribution in [-0.4, -0.2) is 46.7 Å². The molecule has 1 heterocycles. The molecule has 2 atom stereocenters. The highest BCUT2D eigenvalue weighted by molar-refractivity contribution is 5.78. The second kappa shape index (κ2) is 5.83. The summed E-state index contributed by atoms with van der Waals surface area (Å²) in [5.41, 5.74) is -0.841. The van der Waals surface area contributed by atoms with Gasteiger partial charge in [0.2, 0.25) is 0 Å². The van der Waals surface area contributed by atoms with Crippen LogP contribution in [0.1, 0.15) is 47.0 Å². The van der Waals surface area contributed by atoms with Crippen molar-refractivity contribution in [2.24, 2.45) is 0 Å². The second-order valence-corrected chi connectivity index (χ2v) is 5.61. The smallest absolute Gasteiger partial charge is 0.324 e. The van der Waals surface area contributed by atoms with E-state index >= 15 is 0 Å². The van der Waals surface area contributed by atoms with Crippen molar-refractivity contribution in [1.82, 2.24) is 10.2 Å². The summed E-state index contributed by atoms with van der Waals surface area (Å²) >= 11 is 0. The molecule has 0 bridgehead atoms. The third-order valence-corrected chi connectivity index (χ3v) is 3.57. The Hall–Kier alpha value is -0.610. The Morgan fingerprint density at radius 2 is 2.24 bits per heavy atom. The van der Waals surface area contributed by atoms with Crippen molar-refractivity contribution in [1.29, 1.82) is 0 Å². The highest BCUT2D eigenvalue weighted by atomic mass is 16.4. The molecule has 1 aliphatic rings. The molecule has 0 amide bonds. The van der Waals surface area contributed by atoms with Crippen LogP contribution in [0, 0.1) is 0 Å². The van der Waals surface area contributed by atoms with Crippen LogP contribution in [0.3, 0.4) is 0 Å². The first-order valence-electron chi connectivity index (χ1n) is 6.64. The first-order valence-corrected chi connectivity index (χ1v) is 6.64. The maximum Gasteiger partial charge on any atom is 0.324 e. The summed E-state index contributed by atoms with van der Waals surface area (Å²) in [7, 11) is 0. The van der Waals surface area contributed by atoms with Crippen molar-refractivity contribution < 1.29 is 9.90 Å². The molecule has 17 heavy (non-hydrogen) atoms. The molecular formula is C13H26N2O2. The maximum absolute atomic E-state index is 11.5. The standard InChI is InChI=1S/C13H26N2O2/c1-5-11-7-6-8-15(11)9-13(4,12(16)17)14-10(2)3/h10-11,14H,5-9H2,1-4H3,(H,16,17). The molecule has 100 valence electrons. The predicted molar refractivity (Wildman–Crippen MR) is 69.2 cm³/mol. The monoisotopic (exact) mass is 242 g/mol. The Bertz CT molecular complexity index is 268. The van der Waals surface area contributed by atoms with E-state index in [0.29, 0.717) is 12.6 Å². The zero-order chi connectivity index (χ0) is 13.1. The topological polar surface area (TPSA) is 52.6 Å². The molecular weight excluding hydrogens is 216 g/mol. The number of nitrogens with one attached hydrogen (secondary N) is 1. The van der Waals surface area contributed by atoms with Crippen LogP contribution in [0.4, 0.5) is 0 Å². The van der Waals surface area contributed by atoms with Crippen LogP contribution < -0.4 is 5.32 Å². The molecule has 1 rings (SSSR count). The minimum absolute atomic E-state index is 0.179. The summed E-state index contributed by atoms with van der Waals surface area (Å²) in [6.07, 6.45) is 3.50. The van der Waals surface area contributed by atoms with E-state index in [9.17, 15) is 9.90 Å². The van der Waals surface area contributed by atoms with E-state index in [1.165, 1.54) is 12.8 Å². The van der Waals surface area contributed by atoms with E-state index in [-0.39, 0.29) is 6.04 Å². The average Bonchev–Trinajstić information content (AvgIpc) is 2.63. The van der Waals surface area contributed by atoms with Gasteiger partial charge >= 0.3 is 5.97 Å². The summed E-state index contributed by atoms with van der Waals surface area (Å²) in [5, 5.41) is 12.6. The first-order chi connectivity index (χ1) is 7.89. The number of carboxylic acid groups (broad SMARTS) is 1. The van der Waals surface area contributed by atoms with Crippen LogP contribution in [0.25, 0.3) is 0 Å². The number of likely N-dealkylation sites (tertiary alicyclic amines) is 1. The molecule has 4 nitrogen and oxygen atoms in total. The lowest BCUT2D eigenvalue weighted by Crippen LogP contribution is -2.59. The van der Waals surface area contributed by atoms with Crippen molar-refractivity contribution in [3.63, 3.8) is 0 Å². The molecule has 2 N–H and O–H groups in total. The van der Waals surface area contributed by atoms with Gasteiger partial charge in [-0.05, 0) is 46.6 Å². The Morgan fingerprint density at radius 3 is 2.71 bits per heavy atom. The number of rotatable bonds is 6. The van der Waals surface area contributed by atoms with Crippen LogP contribution in [-0.2, 0) is 4.79 Å². The Labute approximate surface area is 104 Å². The van der Waals surface area contributed by atoms with Gasteiger partial charge in [-0.2, -0.15) is 0 Å². The Balaban J connectivity index is 2.69. The molecule has 4 heteroatoms. The zero-order valence-corrected chi connectivity index (χ0v) is 11.5. The average molecular weight is 242 g/mol. The van der Waals surface area contributed by atoms with Gasteiger partial charge in [-0.3, -0.25) is 15.0 Å². The minimum atomic E-state index is -0.841. The number of nitrogens with zero attached hydrogens (tertiary/aromatic N) is 1. The molecule has 0 aromatic heterocycles. The molecule has 0 aliphatic carbocycles. The van der Waals surface area contributed by atoms with Crippen LogP contribution in [0.15, 0.2) is 0 Å². The molecule has 0 aromatic rings. The van der Waals surface area contributed by atoms with Crippen LogP contribution in [0.5, 0.6) is 0 Å². The molecule has 0 saturated carbocycles. The third kappa shape index (κ3) is 3.68. The molecule has 1 aliphatic heterocycles. The molecule has 0 spiro atoms. The summed E-state index contributed by atoms with van der Waals surface area (Å²) in [6.45, 7) is 9.57.